The van der Waals surface area contributed by atoms with Crippen LogP contribution in [0.4, 0.5) is 0 Å². The summed E-state index contributed by atoms with van der Waals surface area (Å²) in [6.07, 6.45) is 1.60. The first-order valence-electron chi connectivity index (χ1n) is 10.9. The summed E-state index contributed by atoms with van der Waals surface area (Å²) >= 11 is 0. The van der Waals surface area contributed by atoms with Crippen molar-refractivity contribution in [3.8, 4) is 0 Å². The first-order chi connectivity index (χ1) is 15.4. The van der Waals surface area contributed by atoms with E-state index in [9.17, 15) is 13.2 Å². The highest BCUT2D eigenvalue weighted by Crippen LogP contribution is 2.18. The maximum atomic E-state index is 12.7. The highest BCUT2D eigenvalue weighted by molar-refractivity contribution is 7.89. The molecule has 2 fully saturated rings. The number of carbonyl (C=O) groups is 1. The monoisotopic (exact) mass is 462 g/mol. The van der Waals surface area contributed by atoms with E-state index in [0.717, 1.165) is 31.8 Å². The second kappa shape index (κ2) is 10.1. The Hall–Kier alpha value is -2.24. The number of benzene rings is 1. The van der Waals surface area contributed by atoms with Gasteiger partial charge in [-0.2, -0.15) is 4.31 Å². The number of aromatic amines is 1. The second-order valence-electron chi connectivity index (χ2n) is 8.18. The largest absolute Gasteiger partial charge is 0.379 e. The van der Waals surface area contributed by atoms with Gasteiger partial charge in [0.05, 0.1) is 25.9 Å². The zero-order chi connectivity index (χ0) is 22.6. The predicted molar refractivity (Wildman–Crippen MR) is 119 cm³/mol. The molecule has 2 N–H and O–H groups in total. The van der Waals surface area contributed by atoms with Crippen LogP contribution in [0, 0.1) is 0 Å². The van der Waals surface area contributed by atoms with Crippen molar-refractivity contribution in [3.63, 3.8) is 0 Å². The number of rotatable bonds is 7. The van der Waals surface area contributed by atoms with Crippen LogP contribution in [0.3, 0.4) is 0 Å². The molecule has 9 nitrogen and oxygen atoms in total. The van der Waals surface area contributed by atoms with Gasteiger partial charge in [0.15, 0.2) is 0 Å². The molecule has 1 aromatic heterocycles. The lowest BCUT2D eigenvalue weighted by Crippen LogP contribution is -2.40. The fourth-order valence-corrected chi connectivity index (χ4v) is 5.40. The summed E-state index contributed by atoms with van der Waals surface area (Å²) in [5, 5.41) is 2.87. The fraction of sp³-hybridized carbons (Fsp3) is 0.500. The normalized spacial score (nSPS) is 20.8. The van der Waals surface area contributed by atoms with Gasteiger partial charge < -0.3 is 19.8 Å². The smallest absolute Gasteiger partial charge is 0.268 e. The molecule has 0 aliphatic carbocycles. The topological polar surface area (TPSA) is 104 Å². The van der Waals surface area contributed by atoms with Gasteiger partial charge in [0.1, 0.15) is 10.6 Å². The minimum absolute atomic E-state index is 0.0892. The van der Waals surface area contributed by atoms with Crippen molar-refractivity contribution in [2.45, 2.75) is 31.0 Å². The summed E-state index contributed by atoms with van der Waals surface area (Å²) in [6, 6.07) is 9.51. The number of carbonyl (C=O) groups excluding carboxylic acids is 1. The average molecular weight is 463 g/mol. The van der Waals surface area contributed by atoms with Gasteiger partial charge in [-0.05, 0) is 24.1 Å². The first kappa shape index (κ1) is 22.9. The number of hydrogen-bond acceptors (Lipinski definition) is 6. The molecular weight excluding hydrogens is 432 g/mol. The van der Waals surface area contributed by atoms with E-state index < -0.39 is 10.0 Å². The molecule has 0 spiro atoms. The van der Waals surface area contributed by atoms with Crippen LogP contribution in [-0.2, 0) is 32.6 Å². The summed E-state index contributed by atoms with van der Waals surface area (Å²) in [5.74, 6) is -0.346. The van der Waals surface area contributed by atoms with Gasteiger partial charge in [-0.1, -0.05) is 24.3 Å². The van der Waals surface area contributed by atoms with Crippen LogP contribution in [0.1, 0.15) is 28.5 Å². The first-order valence-corrected chi connectivity index (χ1v) is 12.3. The summed E-state index contributed by atoms with van der Waals surface area (Å²) in [6.45, 7) is 7.22. The molecule has 10 heteroatoms. The third-order valence-corrected chi connectivity index (χ3v) is 7.56. The highest BCUT2D eigenvalue weighted by atomic mass is 32.2. The van der Waals surface area contributed by atoms with Gasteiger partial charge in [-0.15, -0.1) is 0 Å². The molecule has 3 heterocycles. The fourth-order valence-electron chi connectivity index (χ4n) is 4.00. The van der Waals surface area contributed by atoms with Crippen LogP contribution in [0.25, 0.3) is 0 Å². The van der Waals surface area contributed by atoms with E-state index in [1.165, 1.54) is 22.1 Å². The molecule has 1 unspecified atom stereocenters. The van der Waals surface area contributed by atoms with Gasteiger partial charge in [-0.25, -0.2) is 8.42 Å². The van der Waals surface area contributed by atoms with E-state index in [-0.39, 0.29) is 22.6 Å². The van der Waals surface area contributed by atoms with Crippen LogP contribution < -0.4 is 5.32 Å². The van der Waals surface area contributed by atoms with Gasteiger partial charge in [0, 0.05) is 45.5 Å². The molecule has 32 heavy (non-hydrogen) atoms. The Morgan fingerprint density at radius 1 is 1.16 bits per heavy atom. The number of sulfonamides is 1. The van der Waals surface area contributed by atoms with E-state index in [1.807, 2.05) is 12.1 Å². The van der Waals surface area contributed by atoms with Crippen molar-refractivity contribution in [1.29, 1.82) is 0 Å². The molecule has 1 atom stereocenters. The number of amides is 1. The van der Waals surface area contributed by atoms with Gasteiger partial charge in [0.25, 0.3) is 5.91 Å². The third-order valence-electron chi connectivity index (χ3n) is 5.68. The molecule has 2 aliphatic rings. The number of ether oxygens (including phenoxy) is 2. The number of nitrogens with zero attached hydrogens (tertiary/aromatic N) is 2. The van der Waals surface area contributed by atoms with Crippen molar-refractivity contribution in [2.75, 3.05) is 46.0 Å². The second-order valence-corrected chi connectivity index (χ2v) is 10.1. The molecule has 0 saturated carbocycles. The van der Waals surface area contributed by atoms with Crippen molar-refractivity contribution in [2.24, 2.45) is 0 Å². The molecule has 174 valence electrons. The standard InChI is InChI=1S/C22H30N4O5S/c1-17-15-25(5-10-31-17)16-19-4-2-3-18(11-19)13-24-22(27)21-12-20(14-23-21)32(28,29)26-6-8-30-9-7-26/h2-4,11-12,14,17,23H,5-10,13,15-16H2,1H3,(H,24,27). The van der Waals surface area contributed by atoms with E-state index in [0.29, 0.717) is 32.8 Å². The Bertz CT molecular complexity index is 1030. The number of morpholine rings is 2. The SMILES string of the molecule is CC1CN(Cc2cccc(CNC(=O)c3cc(S(=O)(=O)N4CCOCC4)c[nH]3)c2)CCO1. The molecule has 2 aliphatic heterocycles. The van der Waals surface area contributed by atoms with Crippen LogP contribution in [-0.4, -0.2) is 80.6 Å². The Kier molecular flexibility index (Phi) is 7.27. The van der Waals surface area contributed by atoms with Gasteiger partial charge in [-0.3, -0.25) is 9.69 Å². The van der Waals surface area contributed by atoms with E-state index in [2.05, 4.69) is 34.3 Å². The lowest BCUT2D eigenvalue weighted by atomic mass is 10.1. The Morgan fingerprint density at radius 2 is 1.94 bits per heavy atom. The van der Waals surface area contributed by atoms with E-state index >= 15 is 0 Å². The molecule has 0 radical (unpaired) electrons. The van der Waals surface area contributed by atoms with Crippen LogP contribution in [0.15, 0.2) is 41.4 Å². The molecule has 1 aromatic carbocycles. The summed E-state index contributed by atoms with van der Waals surface area (Å²) in [4.78, 5) is 17.8. The minimum atomic E-state index is -3.64. The Morgan fingerprint density at radius 3 is 2.72 bits per heavy atom. The number of H-pyrrole nitrogens is 1. The number of nitrogens with one attached hydrogen (secondary N) is 2. The third kappa shape index (κ3) is 5.57. The van der Waals surface area contributed by atoms with Crippen LogP contribution >= 0.6 is 0 Å². The van der Waals surface area contributed by atoms with E-state index in [4.69, 9.17) is 9.47 Å². The van der Waals surface area contributed by atoms with Crippen molar-refractivity contribution in [3.05, 3.63) is 53.3 Å². The molecule has 4 rings (SSSR count). The molecular formula is C22H30N4O5S. The Balaban J connectivity index is 1.34. The lowest BCUT2D eigenvalue weighted by Gasteiger charge is -2.31. The summed E-state index contributed by atoms with van der Waals surface area (Å²) in [5.41, 5.74) is 2.39. The zero-order valence-electron chi connectivity index (χ0n) is 18.2. The molecule has 2 saturated heterocycles. The van der Waals surface area contributed by atoms with E-state index in [1.54, 1.807) is 0 Å². The number of hydrogen-bond donors (Lipinski definition) is 2. The molecule has 0 bridgehead atoms. The molecule has 1 amide bonds. The quantitative estimate of drug-likeness (QED) is 0.641. The number of aromatic nitrogens is 1. The van der Waals surface area contributed by atoms with Crippen molar-refractivity contribution >= 4 is 15.9 Å². The lowest BCUT2D eigenvalue weighted by molar-refractivity contribution is -0.0212. The van der Waals surface area contributed by atoms with Crippen LogP contribution in [0.5, 0.6) is 0 Å². The van der Waals surface area contributed by atoms with Gasteiger partial charge >= 0.3 is 0 Å². The highest BCUT2D eigenvalue weighted by Gasteiger charge is 2.28. The summed E-state index contributed by atoms with van der Waals surface area (Å²) in [7, 11) is -3.64. The summed E-state index contributed by atoms with van der Waals surface area (Å²) < 4.78 is 37.7. The van der Waals surface area contributed by atoms with Gasteiger partial charge in [0.2, 0.25) is 10.0 Å². The Labute approximate surface area is 188 Å². The van der Waals surface area contributed by atoms with Crippen LogP contribution in [0.2, 0.25) is 0 Å². The average Bonchev–Trinajstić information content (AvgIpc) is 3.30. The predicted octanol–water partition coefficient (Wildman–Crippen LogP) is 1.19. The maximum absolute atomic E-state index is 12.7. The van der Waals surface area contributed by atoms with Crippen molar-refractivity contribution in [1.82, 2.24) is 19.5 Å². The van der Waals surface area contributed by atoms with Crippen molar-refractivity contribution < 1.29 is 22.7 Å². The minimum Gasteiger partial charge on any atom is -0.379 e. The molecule has 2 aromatic rings. The maximum Gasteiger partial charge on any atom is 0.268 e. The zero-order valence-corrected chi connectivity index (χ0v) is 19.1.